The maximum atomic E-state index is 11.7. The molecule has 1 atom stereocenters. The average Bonchev–Trinajstić information content (AvgIpc) is 2.37. The number of phenolic OH excluding ortho intramolecular Hbond substituents is 1. The third-order valence-corrected chi connectivity index (χ3v) is 3.83. The molecule has 0 radical (unpaired) electrons. The second-order valence-electron chi connectivity index (χ2n) is 4.75. The monoisotopic (exact) mass is 281 g/mol. The van der Waals surface area contributed by atoms with Gasteiger partial charge in [0.2, 0.25) is 5.91 Å². The number of aromatic hydroxyl groups is 1. The molecule has 4 heteroatoms. The van der Waals surface area contributed by atoms with Crippen molar-refractivity contribution in [1.29, 1.82) is 0 Å². The number of amides is 1. The van der Waals surface area contributed by atoms with E-state index in [0.717, 1.165) is 17.7 Å². The lowest BCUT2D eigenvalue weighted by molar-refractivity contribution is -0.119. The van der Waals surface area contributed by atoms with Gasteiger partial charge in [-0.05, 0) is 31.5 Å². The van der Waals surface area contributed by atoms with Crippen molar-refractivity contribution in [3.63, 3.8) is 0 Å². The van der Waals surface area contributed by atoms with Crippen molar-refractivity contribution >= 4 is 17.7 Å². The van der Waals surface area contributed by atoms with E-state index in [4.69, 9.17) is 0 Å². The fourth-order valence-electron chi connectivity index (χ4n) is 1.81. The van der Waals surface area contributed by atoms with Gasteiger partial charge in [0.05, 0.1) is 5.75 Å². The maximum Gasteiger partial charge on any atom is 0.230 e. The van der Waals surface area contributed by atoms with Crippen LogP contribution in [0.5, 0.6) is 5.75 Å². The van der Waals surface area contributed by atoms with Crippen LogP contribution in [-0.2, 0) is 4.79 Å². The number of thioether (sulfide) groups is 1. The first kappa shape index (κ1) is 15.9. The molecule has 0 fully saturated rings. The highest BCUT2D eigenvalue weighted by molar-refractivity contribution is 8.00. The van der Waals surface area contributed by atoms with Crippen molar-refractivity contribution in [1.82, 2.24) is 5.32 Å². The van der Waals surface area contributed by atoms with Crippen LogP contribution in [-0.4, -0.2) is 22.8 Å². The molecule has 0 aromatic heterocycles. The van der Waals surface area contributed by atoms with Crippen LogP contribution in [0.4, 0.5) is 0 Å². The first-order valence-electron chi connectivity index (χ1n) is 6.83. The summed E-state index contributed by atoms with van der Waals surface area (Å²) in [6, 6.07) is 7.21. The SMILES string of the molecule is CCCCCC(C)NC(=O)CSc1cccc(O)c1. The molecular weight excluding hydrogens is 258 g/mol. The first-order valence-corrected chi connectivity index (χ1v) is 7.81. The van der Waals surface area contributed by atoms with E-state index in [0.29, 0.717) is 5.75 Å². The Morgan fingerprint density at radius 3 is 2.89 bits per heavy atom. The molecular formula is C15H23NO2S. The lowest BCUT2D eigenvalue weighted by Gasteiger charge is -2.13. The number of phenols is 1. The zero-order valence-electron chi connectivity index (χ0n) is 11.7. The van der Waals surface area contributed by atoms with Crippen molar-refractivity contribution in [2.45, 2.75) is 50.5 Å². The summed E-state index contributed by atoms with van der Waals surface area (Å²) in [4.78, 5) is 12.7. The van der Waals surface area contributed by atoms with Crippen LogP contribution in [0.3, 0.4) is 0 Å². The Bertz CT molecular complexity index is 395. The third-order valence-electron chi connectivity index (χ3n) is 2.84. The third kappa shape index (κ3) is 7.11. The maximum absolute atomic E-state index is 11.7. The van der Waals surface area contributed by atoms with Crippen LogP contribution in [0.2, 0.25) is 0 Å². The zero-order chi connectivity index (χ0) is 14.1. The van der Waals surface area contributed by atoms with Crippen molar-refractivity contribution in [2.75, 3.05) is 5.75 Å². The van der Waals surface area contributed by atoms with E-state index in [-0.39, 0.29) is 17.7 Å². The van der Waals surface area contributed by atoms with Crippen molar-refractivity contribution in [3.8, 4) is 5.75 Å². The van der Waals surface area contributed by atoms with Crippen LogP contribution in [0, 0.1) is 0 Å². The molecule has 0 aliphatic rings. The minimum absolute atomic E-state index is 0.0531. The minimum atomic E-state index is 0.0531. The van der Waals surface area contributed by atoms with Crippen LogP contribution in [0.25, 0.3) is 0 Å². The number of unbranched alkanes of at least 4 members (excludes halogenated alkanes) is 2. The number of rotatable bonds is 8. The molecule has 0 saturated heterocycles. The van der Waals surface area contributed by atoms with Gasteiger partial charge in [-0.1, -0.05) is 32.3 Å². The topological polar surface area (TPSA) is 49.3 Å². The Hall–Kier alpha value is -1.16. The number of hydrogen-bond acceptors (Lipinski definition) is 3. The Labute approximate surface area is 119 Å². The molecule has 3 nitrogen and oxygen atoms in total. The summed E-state index contributed by atoms with van der Waals surface area (Å²) < 4.78 is 0. The molecule has 1 aromatic rings. The zero-order valence-corrected chi connectivity index (χ0v) is 12.5. The van der Waals surface area contributed by atoms with Gasteiger partial charge in [-0.25, -0.2) is 0 Å². The van der Waals surface area contributed by atoms with Crippen LogP contribution < -0.4 is 5.32 Å². The van der Waals surface area contributed by atoms with Crippen molar-refractivity contribution < 1.29 is 9.90 Å². The van der Waals surface area contributed by atoms with Crippen LogP contribution in [0.15, 0.2) is 29.2 Å². The van der Waals surface area contributed by atoms with E-state index < -0.39 is 0 Å². The van der Waals surface area contributed by atoms with Gasteiger partial charge >= 0.3 is 0 Å². The standard InChI is InChI=1S/C15H23NO2S/c1-3-4-5-7-12(2)16-15(18)11-19-14-9-6-8-13(17)10-14/h6,8-10,12,17H,3-5,7,11H2,1-2H3,(H,16,18). The number of benzene rings is 1. The van der Waals surface area contributed by atoms with Crippen molar-refractivity contribution in [2.24, 2.45) is 0 Å². The van der Waals surface area contributed by atoms with Crippen molar-refractivity contribution in [3.05, 3.63) is 24.3 Å². The fourth-order valence-corrected chi connectivity index (χ4v) is 2.57. The minimum Gasteiger partial charge on any atom is -0.508 e. The highest BCUT2D eigenvalue weighted by Gasteiger charge is 2.07. The summed E-state index contributed by atoms with van der Waals surface area (Å²) in [6.07, 6.45) is 4.63. The van der Waals surface area contributed by atoms with Gasteiger partial charge in [0.15, 0.2) is 0 Å². The molecule has 0 spiro atoms. The van der Waals surface area contributed by atoms with Crippen LogP contribution >= 0.6 is 11.8 Å². The Morgan fingerprint density at radius 2 is 2.21 bits per heavy atom. The van der Waals surface area contributed by atoms with E-state index >= 15 is 0 Å². The summed E-state index contributed by atoms with van der Waals surface area (Å²) >= 11 is 1.44. The molecule has 106 valence electrons. The largest absolute Gasteiger partial charge is 0.508 e. The van der Waals surface area contributed by atoms with Gasteiger partial charge in [-0.3, -0.25) is 4.79 Å². The summed E-state index contributed by atoms with van der Waals surface area (Å²) in [5.41, 5.74) is 0. The summed E-state index contributed by atoms with van der Waals surface area (Å²) in [5.74, 6) is 0.678. The van der Waals surface area contributed by atoms with Gasteiger partial charge < -0.3 is 10.4 Å². The Balaban J connectivity index is 2.24. The smallest absolute Gasteiger partial charge is 0.230 e. The molecule has 0 heterocycles. The molecule has 2 N–H and O–H groups in total. The van der Waals surface area contributed by atoms with E-state index in [2.05, 4.69) is 12.2 Å². The predicted molar refractivity (Wildman–Crippen MR) is 80.6 cm³/mol. The molecule has 0 saturated carbocycles. The molecule has 0 aliphatic heterocycles. The second-order valence-corrected chi connectivity index (χ2v) is 5.80. The lowest BCUT2D eigenvalue weighted by Crippen LogP contribution is -2.33. The number of hydrogen-bond donors (Lipinski definition) is 2. The fraction of sp³-hybridized carbons (Fsp3) is 0.533. The molecule has 19 heavy (non-hydrogen) atoms. The number of carbonyl (C=O) groups excluding carboxylic acids is 1. The van der Waals surface area contributed by atoms with E-state index in [9.17, 15) is 9.90 Å². The number of nitrogens with one attached hydrogen (secondary N) is 1. The molecule has 1 unspecified atom stereocenters. The first-order chi connectivity index (χ1) is 9.11. The predicted octanol–water partition coefficient (Wildman–Crippen LogP) is 3.57. The van der Waals surface area contributed by atoms with Gasteiger partial charge in [0.25, 0.3) is 0 Å². The normalized spacial score (nSPS) is 12.1. The highest BCUT2D eigenvalue weighted by Crippen LogP contribution is 2.21. The average molecular weight is 281 g/mol. The second kappa shape index (κ2) is 8.86. The van der Waals surface area contributed by atoms with E-state index in [1.165, 1.54) is 24.6 Å². The Kier molecular flexibility index (Phi) is 7.41. The molecule has 0 bridgehead atoms. The Morgan fingerprint density at radius 1 is 1.42 bits per heavy atom. The molecule has 1 rings (SSSR count). The highest BCUT2D eigenvalue weighted by atomic mass is 32.2. The molecule has 1 aromatic carbocycles. The van der Waals surface area contributed by atoms with E-state index in [1.807, 2.05) is 13.0 Å². The molecule has 0 aliphatic carbocycles. The van der Waals surface area contributed by atoms with Gasteiger partial charge in [0.1, 0.15) is 5.75 Å². The van der Waals surface area contributed by atoms with Crippen LogP contribution in [0.1, 0.15) is 39.5 Å². The van der Waals surface area contributed by atoms with Gasteiger partial charge in [0, 0.05) is 10.9 Å². The summed E-state index contributed by atoms with van der Waals surface area (Å²) in [6.45, 7) is 4.22. The molecule has 1 amide bonds. The summed E-state index contributed by atoms with van der Waals surface area (Å²) in [5, 5.41) is 12.3. The quantitative estimate of drug-likeness (QED) is 0.566. The lowest BCUT2D eigenvalue weighted by atomic mass is 10.1. The summed E-state index contributed by atoms with van der Waals surface area (Å²) in [7, 11) is 0. The van der Waals surface area contributed by atoms with E-state index in [1.54, 1.807) is 18.2 Å². The van der Waals surface area contributed by atoms with Gasteiger partial charge in [-0.2, -0.15) is 0 Å². The van der Waals surface area contributed by atoms with Gasteiger partial charge in [-0.15, -0.1) is 11.8 Å². The number of carbonyl (C=O) groups is 1.